The van der Waals surface area contributed by atoms with Crippen molar-refractivity contribution in [2.75, 3.05) is 11.1 Å². The van der Waals surface area contributed by atoms with Crippen LogP contribution in [0.2, 0.25) is 10.0 Å². The number of hydrogen-bond donors (Lipinski definition) is 2. The lowest BCUT2D eigenvalue weighted by Crippen LogP contribution is -2.09. The maximum atomic E-state index is 11.8. The third-order valence-electron chi connectivity index (χ3n) is 2.46. The van der Waals surface area contributed by atoms with Crippen molar-refractivity contribution in [2.45, 2.75) is 0 Å². The largest absolute Gasteiger partial charge is 0.397 e. The first-order valence-corrected chi connectivity index (χ1v) is 6.45. The maximum absolute atomic E-state index is 11.8. The molecule has 0 atom stereocenters. The smallest absolute Gasteiger partial charge is 0.248 e. The fraction of sp³-hybridized carbons (Fsp3) is 0. The van der Waals surface area contributed by atoms with Crippen LogP contribution in [0, 0.1) is 0 Å². The topological polar surface area (TPSA) is 68.0 Å². The molecule has 3 N–H and O–H groups in total. The van der Waals surface area contributed by atoms with Gasteiger partial charge in [0.25, 0.3) is 0 Å². The molecule has 4 nitrogen and oxygen atoms in total. The van der Waals surface area contributed by atoms with Gasteiger partial charge in [0.15, 0.2) is 0 Å². The van der Waals surface area contributed by atoms with Crippen LogP contribution in [-0.4, -0.2) is 10.9 Å². The van der Waals surface area contributed by atoms with Gasteiger partial charge in [0.1, 0.15) is 0 Å². The van der Waals surface area contributed by atoms with E-state index in [1.807, 2.05) is 6.07 Å². The van der Waals surface area contributed by atoms with Crippen LogP contribution in [0.1, 0.15) is 5.56 Å². The summed E-state index contributed by atoms with van der Waals surface area (Å²) in [6.45, 7) is 0. The molecule has 0 saturated heterocycles. The number of rotatable bonds is 3. The summed E-state index contributed by atoms with van der Waals surface area (Å²) >= 11 is 11.7. The van der Waals surface area contributed by atoms with Gasteiger partial charge in [-0.3, -0.25) is 9.78 Å². The number of nitrogens with zero attached hydrogens (tertiary/aromatic N) is 1. The van der Waals surface area contributed by atoms with E-state index in [0.717, 1.165) is 5.56 Å². The van der Waals surface area contributed by atoms with Gasteiger partial charge in [0.05, 0.1) is 21.4 Å². The Morgan fingerprint density at radius 3 is 2.75 bits per heavy atom. The summed E-state index contributed by atoms with van der Waals surface area (Å²) in [5.41, 5.74) is 7.34. The molecule has 1 aromatic carbocycles. The van der Waals surface area contributed by atoms with Gasteiger partial charge in [-0.15, -0.1) is 0 Å². The molecule has 1 aromatic heterocycles. The molecule has 0 fully saturated rings. The summed E-state index contributed by atoms with van der Waals surface area (Å²) in [6, 6.07) is 6.62. The second kappa shape index (κ2) is 6.41. The molecule has 0 bridgehead atoms. The number of anilines is 2. The van der Waals surface area contributed by atoms with Crippen molar-refractivity contribution >= 4 is 46.6 Å². The maximum Gasteiger partial charge on any atom is 0.248 e. The number of nitrogens with two attached hydrogens (primary N) is 1. The summed E-state index contributed by atoms with van der Waals surface area (Å²) < 4.78 is 0. The number of halogens is 2. The molecule has 0 aliphatic rings. The van der Waals surface area contributed by atoms with Gasteiger partial charge < -0.3 is 11.1 Å². The van der Waals surface area contributed by atoms with Crippen LogP contribution < -0.4 is 11.1 Å². The first-order chi connectivity index (χ1) is 9.56. The zero-order valence-corrected chi connectivity index (χ0v) is 11.8. The molecular formula is C14H11Cl2N3O. The first-order valence-electron chi connectivity index (χ1n) is 5.70. The Morgan fingerprint density at radius 1 is 1.30 bits per heavy atom. The molecule has 2 rings (SSSR count). The van der Waals surface area contributed by atoms with E-state index in [9.17, 15) is 4.79 Å². The minimum absolute atomic E-state index is 0.320. The molecule has 2 aromatic rings. The number of carbonyl (C=O) groups is 1. The van der Waals surface area contributed by atoms with Crippen LogP contribution in [0.25, 0.3) is 6.08 Å². The summed E-state index contributed by atoms with van der Waals surface area (Å²) in [4.78, 5) is 15.7. The molecule has 102 valence electrons. The second-order valence-corrected chi connectivity index (χ2v) is 4.78. The van der Waals surface area contributed by atoms with E-state index < -0.39 is 0 Å². The summed E-state index contributed by atoms with van der Waals surface area (Å²) in [5, 5.41) is 3.30. The van der Waals surface area contributed by atoms with Gasteiger partial charge in [-0.25, -0.2) is 0 Å². The number of nitrogen functional groups attached to an aromatic ring is 1. The van der Waals surface area contributed by atoms with Crippen LogP contribution in [0.4, 0.5) is 11.4 Å². The number of hydrogen-bond acceptors (Lipinski definition) is 3. The SMILES string of the molecule is Nc1cc(Cl)c(Cl)cc1NC(=O)/C=C/c1cccnc1. The highest BCUT2D eigenvalue weighted by Gasteiger charge is 2.06. The Hall–Kier alpha value is -2.04. The predicted molar refractivity (Wildman–Crippen MR) is 82.8 cm³/mol. The van der Waals surface area contributed by atoms with Crippen molar-refractivity contribution in [3.05, 3.63) is 58.3 Å². The van der Waals surface area contributed by atoms with Crippen molar-refractivity contribution in [3.8, 4) is 0 Å². The standard InChI is InChI=1S/C14H11Cl2N3O/c15-10-6-12(17)13(7-11(10)16)19-14(20)4-3-9-2-1-5-18-8-9/h1-8H,17H2,(H,19,20)/b4-3+. The third-order valence-corrected chi connectivity index (χ3v) is 3.18. The van der Waals surface area contributed by atoms with E-state index >= 15 is 0 Å². The minimum atomic E-state index is -0.320. The lowest BCUT2D eigenvalue weighted by molar-refractivity contribution is -0.111. The van der Waals surface area contributed by atoms with Gasteiger partial charge in [-0.05, 0) is 29.8 Å². The van der Waals surface area contributed by atoms with Gasteiger partial charge in [-0.2, -0.15) is 0 Å². The molecule has 0 aliphatic heterocycles. The van der Waals surface area contributed by atoms with Gasteiger partial charge >= 0.3 is 0 Å². The summed E-state index contributed by atoms with van der Waals surface area (Å²) in [7, 11) is 0. The highest BCUT2D eigenvalue weighted by molar-refractivity contribution is 6.42. The molecule has 6 heteroatoms. The van der Waals surface area contributed by atoms with Gasteiger partial charge in [-0.1, -0.05) is 29.3 Å². The molecular weight excluding hydrogens is 297 g/mol. The monoisotopic (exact) mass is 307 g/mol. The lowest BCUT2D eigenvalue weighted by atomic mass is 10.2. The number of pyridine rings is 1. The molecule has 0 saturated carbocycles. The van der Waals surface area contributed by atoms with E-state index in [-0.39, 0.29) is 5.91 Å². The fourth-order valence-electron chi connectivity index (χ4n) is 1.49. The molecule has 0 radical (unpaired) electrons. The van der Waals surface area contributed by atoms with E-state index in [2.05, 4.69) is 10.3 Å². The van der Waals surface area contributed by atoms with Crippen molar-refractivity contribution in [1.82, 2.24) is 4.98 Å². The van der Waals surface area contributed by atoms with Crippen molar-refractivity contribution in [2.24, 2.45) is 0 Å². The van der Waals surface area contributed by atoms with Crippen LogP contribution in [0.3, 0.4) is 0 Å². The molecule has 1 amide bonds. The number of aromatic nitrogens is 1. The quantitative estimate of drug-likeness (QED) is 0.672. The normalized spacial score (nSPS) is 10.7. The Morgan fingerprint density at radius 2 is 2.05 bits per heavy atom. The van der Waals surface area contributed by atoms with Crippen LogP contribution >= 0.6 is 23.2 Å². The van der Waals surface area contributed by atoms with Gasteiger partial charge in [0.2, 0.25) is 5.91 Å². The predicted octanol–water partition coefficient (Wildman–Crippen LogP) is 3.62. The molecule has 0 aliphatic carbocycles. The number of nitrogens with one attached hydrogen (secondary N) is 1. The lowest BCUT2D eigenvalue weighted by Gasteiger charge is -2.07. The number of benzene rings is 1. The second-order valence-electron chi connectivity index (χ2n) is 3.96. The highest BCUT2D eigenvalue weighted by Crippen LogP contribution is 2.30. The highest BCUT2D eigenvalue weighted by atomic mass is 35.5. The molecule has 1 heterocycles. The number of carbonyl (C=O) groups excluding carboxylic acids is 1. The zero-order valence-electron chi connectivity index (χ0n) is 10.3. The third kappa shape index (κ3) is 3.73. The average Bonchev–Trinajstić information content (AvgIpc) is 2.44. The van der Waals surface area contributed by atoms with E-state index in [1.165, 1.54) is 18.2 Å². The molecule has 0 unspecified atom stereocenters. The Kier molecular flexibility index (Phi) is 4.61. The van der Waals surface area contributed by atoms with Crippen molar-refractivity contribution < 1.29 is 4.79 Å². The average molecular weight is 308 g/mol. The zero-order chi connectivity index (χ0) is 14.5. The first kappa shape index (κ1) is 14.4. The summed E-state index contributed by atoms with van der Waals surface area (Å²) in [5.74, 6) is -0.320. The van der Waals surface area contributed by atoms with Crippen LogP contribution in [0.15, 0.2) is 42.7 Å². The number of amides is 1. The van der Waals surface area contributed by atoms with E-state index in [4.69, 9.17) is 28.9 Å². The van der Waals surface area contributed by atoms with Crippen molar-refractivity contribution in [3.63, 3.8) is 0 Å². The minimum Gasteiger partial charge on any atom is -0.397 e. The Bertz CT molecular complexity index is 657. The van der Waals surface area contributed by atoms with Crippen molar-refractivity contribution in [1.29, 1.82) is 0 Å². The van der Waals surface area contributed by atoms with Crippen LogP contribution in [0.5, 0.6) is 0 Å². The Labute approximate surface area is 126 Å². The van der Waals surface area contributed by atoms with E-state index in [0.29, 0.717) is 21.4 Å². The molecule has 20 heavy (non-hydrogen) atoms. The Balaban J connectivity index is 2.09. The van der Waals surface area contributed by atoms with E-state index in [1.54, 1.807) is 24.5 Å². The van der Waals surface area contributed by atoms with Gasteiger partial charge in [0, 0.05) is 18.5 Å². The summed E-state index contributed by atoms with van der Waals surface area (Å²) in [6.07, 6.45) is 6.35. The molecule has 0 spiro atoms. The van der Waals surface area contributed by atoms with Crippen LogP contribution in [-0.2, 0) is 4.79 Å². The fourth-order valence-corrected chi connectivity index (χ4v) is 1.83.